The maximum atomic E-state index is 14.4. The number of furan rings is 1. The number of rotatable bonds is 7. The summed E-state index contributed by atoms with van der Waals surface area (Å²) in [5, 5.41) is 2.36. The number of carbonyl (C=O) groups excluding carboxylic acids is 1. The first kappa shape index (κ1) is 24.8. The number of benzene rings is 2. The van der Waals surface area contributed by atoms with Gasteiger partial charge >= 0.3 is 12.3 Å². The van der Waals surface area contributed by atoms with E-state index in [9.17, 15) is 30.8 Å². The lowest BCUT2D eigenvalue weighted by molar-refractivity contribution is -0.137. The van der Waals surface area contributed by atoms with Crippen LogP contribution in [0.1, 0.15) is 16.7 Å². The highest BCUT2D eigenvalue weighted by atomic mass is 32.2. The van der Waals surface area contributed by atoms with Gasteiger partial charge in [0.2, 0.25) is 10.0 Å². The van der Waals surface area contributed by atoms with Crippen molar-refractivity contribution < 1.29 is 39.9 Å². The Balaban J connectivity index is 1.66. The second-order valence-electron chi connectivity index (χ2n) is 7.06. The molecule has 7 nitrogen and oxygen atoms in total. The summed E-state index contributed by atoms with van der Waals surface area (Å²) >= 11 is 0. The van der Waals surface area contributed by atoms with Gasteiger partial charge in [-0.25, -0.2) is 17.6 Å². The predicted octanol–water partition coefficient (Wildman–Crippen LogP) is 5.41. The van der Waals surface area contributed by atoms with Gasteiger partial charge in [0.15, 0.2) is 0 Å². The van der Waals surface area contributed by atoms with Crippen LogP contribution in [0.5, 0.6) is 5.95 Å². The largest absolute Gasteiger partial charge is 0.425 e. The Hall–Kier alpha value is -3.80. The molecule has 1 heterocycles. The quantitative estimate of drug-likeness (QED) is 0.425. The van der Waals surface area contributed by atoms with Gasteiger partial charge in [-0.1, -0.05) is 24.8 Å². The van der Waals surface area contributed by atoms with E-state index in [4.69, 9.17) is 9.15 Å². The summed E-state index contributed by atoms with van der Waals surface area (Å²) in [7, 11) is -3.73. The monoisotopic (exact) mass is 498 g/mol. The summed E-state index contributed by atoms with van der Waals surface area (Å²) in [6, 6.07) is 9.50. The van der Waals surface area contributed by atoms with E-state index in [2.05, 4.69) is 16.6 Å². The fourth-order valence-corrected chi connectivity index (χ4v) is 3.51. The minimum atomic E-state index is -4.52. The number of amides is 1. The van der Waals surface area contributed by atoms with E-state index in [1.165, 1.54) is 36.4 Å². The molecule has 1 amide bonds. The first-order valence-corrected chi connectivity index (χ1v) is 11.4. The van der Waals surface area contributed by atoms with E-state index in [-0.39, 0.29) is 40.6 Å². The highest BCUT2D eigenvalue weighted by Gasteiger charge is 2.30. The van der Waals surface area contributed by atoms with E-state index >= 15 is 0 Å². The van der Waals surface area contributed by atoms with Crippen molar-refractivity contribution in [3.63, 3.8) is 0 Å². The highest BCUT2D eigenvalue weighted by molar-refractivity contribution is 7.92. The SMILES string of the molecule is C=Cc1cc(CNC(=O)Oc2ccc(-c3cccc(C(F)(F)F)c3)o2)cc(F)c1NS(C)(=O)=O. The van der Waals surface area contributed by atoms with Gasteiger partial charge in [0.05, 0.1) is 17.5 Å². The van der Waals surface area contributed by atoms with E-state index in [1.54, 1.807) is 0 Å². The summed E-state index contributed by atoms with van der Waals surface area (Å²) in [4.78, 5) is 12.1. The van der Waals surface area contributed by atoms with Crippen molar-refractivity contribution in [1.29, 1.82) is 0 Å². The minimum absolute atomic E-state index is 0.0561. The van der Waals surface area contributed by atoms with Crippen molar-refractivity contribution in [3.8, 4) is 17.3 Å². The van der Waals surface area contributed by atoms with Crippen LogP contribution in [0.25, 0.3) is 17.4 Å². The molecule has 2 aromatic carbocycles. The van der Waals surface area contributed by atoms with Crippen molar-refractivity contribution in [2.75, 3.05) is 11.0 Å². The molecular weight excluding hydrogens is 480 g/mol. The van der Waals surface area contributed by atoms with Gasteiger partial charge in [-0.05, 0) is 35.9 Å². The molecule has 0 radical (unpaired) electrons. The molecule has 0 saturated heterocycles. The molecule has 3 rings (SSSR count). The average molecular weight is 498 g/mol. The van der Waals surface area contributed by atoms with Crippen LogP contribution in [-0.4, -0.2) is 20.8 Å². The summed E-state index contributed by atoms with van der Waals surface area (Å²) in [6.45, 7) is 3.33. The number of anilines is 1. The van der Waals surface area contributed by atoms with Crippen molar-refractivity contribution in [2.45, 2.75) is 12.7 Å². The van der Waals surface area contributed by atoms with E-state index in [1.807, 2.05) is 0 Å². The Bertz CT molecular complexity index is 1330. The second kappa shape index (κ2) is 9.59. The molecule has 12 heteroatoms. The molecule has 0 unspecified atom stereocenters. The summed E-state index contributed by atoms with van der Waals surface area (Å²) in [5.41, 5.74) is -0.549. The Morgan fingerprint density at radius 2 is 1.91 bits per heavy atom. The van der Waals surface area contributed by atoms with Crippen LogP contribution in [0.3, 0.4) is 0 Å². The molecule has 3 aromatic rings. The normalized spacial score (nSPS) is 11.7. The Morgan fingerprint density at radius 1 is 1.18 bits per heavy atom. The molecule has 0 spiro atoms. The molecular formula is C22H18F4N2O5S. The molecule has 0 aliphatic rings. The molecule has 34 heavy (non-hydrogen) atoms. The first-order valence-electron chi connectivity index (χ1n) is 9.51. The molecule has 0 saturated carbocycles. The molecule has 0 fully saturated rings. The number of sulfonamides is 1. The summed E-state index contributed by atoms with van der Waals surface area (Å²) in [6.07, 6.45) is -3.37. The lowest BCUT2D eigenvalue weighted by Gasteiger charge is -2.12. The zero-order valence-corrected chi connectivity index (χ0v) is 18.4. The lowest BCUT2D eigenvalue weighted by atomic mass is 10.1. The molecule has 0 aliphatic carbocycles. The van der Waals surface area contributed by atoms with Gasteiger partial charge < -0.3 is 14.5 Å². The van der Waals surface area contributed by atoms with Crippen LogP contribution in [0, 0.1) is 5.82 Å². The van der Waals surface area contributed by atoms with E-state index in [0.29, 0.717) is 0 Å². The Labute approximate surface area is 192 Å². The van der Waals surface area contributed by atoms with Crippen molar-refractivity contribution in [1.82, 2.24) is 5.32 Å². The highest BCUT2D eigenvalue weighted by Crippen LogP contribution is 2.33. The van der Waals surface area contributed by atoms with E-state index in [0.717, 1.165) is 24.5 Å². The van der Waals surface area contributed by atoms with Crippen molar-refractivity contribution in [3.05, 3.63) is 77.6 Å². The molecule has 2 N–H and O–H groups in total. The topological polar surface area (TPSA) is 97.6 Å². The van der Waals surface area contributed by atoms with Gasteiger partial charge in [-0.3, -0.25) is 4.72 Å². The third kappa shape index (κ3) is 6.38. The maximum absolute atomic E-state index is 14.4. The lowest BCUT2D eigenvalue weighted by Crippen LogP contribution is -2.26. The number of alkyl halides is 3. The van der Waals surface area contributed by atoms with Crippen LogP contribution in [-0.2, 0) is 22.7 Å². The fraction of sp³-hybridized carbons (Fsp3) is 0.136. The number of carbonyl (C=O) groups is 1. The van der Waals surface area contributed by atoms with E-state index < -0.39 is 33.7 Å². The summed E-state index contributed by atoms with van der Waals surface area (Å²) < 4.78 is 88.1. The van der Waals surface area contributed by atoms with Crippen molar-refractivity contribution in [2.24, 2.45) is 0 Å². The van der Waals surface area contributed by atoms with Gasteiger partial charge in [0.1, 0.15) is 11.6 Å². The maximum Gasteiger partial charge on any atom is 0.416 e. The number of nitrogens with one attached hydrogen (secondary N) is 2. The Kier molecular flexibility index (Phi) is 7.01. The average Bonchev–Trinajstić information content (AvgIpc) is 3.21. The minimum Gasteiger partial charge on any atom is -0.425 e. The van der Waals surface area contributed by atoms with Crippen LogP contribution >= 0.6 is 0 Å². The Morgan fingerprint density at radius 3 is 2.56 bits per heavy atom. The predicted molar refractivity (Wildman–Crippen MR) is 117 cm³/mol. The number of ether oxygens (including phenoxy) is 1. The number of halogens is 4. The standard InChI is InChI=1S/C22H18F4N2O5S/c1-3-14-9-13(10-17(23)20(14)28-34(2,30)31)12-27-21(29)33-19-8-7-18(32-19)15-5-4-6-16(11-15)22(24,25)26/h3-11,28H,1,12H2,2H3,(H,27,29). The van der Waals surface area contributed by atoms with Gasteiger partial charge in [-0.2, -0.15) is 13.2 Å². The number of hydrogen-bond acceptors (Lipinski definition) is 5. The summed E-state index contributed by atoms with van der Waals surface area (Å²) in [5.74, 6) is -1.08. The van der Waals surface area contributed by atoms with Crippen LogP contribution in [0.2, 0.25) is 0 Å². The fourth-order valence-electron chi connectivity index (χ4n) is 2.92. The van der Waals surface area contributed by atoms with Gasteiger partial charge in [-0.15, -0.1) is 0 Å². The molecule has 0 aliphatic heterocycles. The van der Waals surface area contributed by atoms with Crippen LogP contribution < -0.4 is 14.8 Å². The van der Waals surface area contributed by atoms with Crippen LogP contribution in [0.15, 0.2) is 59.5 Å². The third-order valence-corrected chi connectivity index (χ3v) is 4.95. The molecule has 1 aromatic heterocycles. The molecule has 0 bridgehead atoms. The van der Waals surface area contributed by atoms with Crippen molar-refractivity contribution >= 4 is 27.9 Å². The molecule has 180 valence electrons. The third-order valence-electron chi connectivity index (χ3n) is 4.37. The second-order valence-corrected chi connectivity index (χ2v) is 8.81. The molecule has 0 atom stereocenters. The van der Waals surface area contributed by atoms with Gasteiger partial charge in [0, 0.05) is 23.7 Å². The first-order chi connectivity index (χ1) is 15.9. The zero-order valence-electron chi connectivity index (χ0n) is 17.6. The van der Waals surface area contributed by atoms with Crippen LogP contribution in [0.4, 0.5) is 28.0 Å². The number of hydrogen-bond donors (Lipinski definition) is 2. The van der Waals surface area contributed by atoms with Gasteiger partial charge in [0.25, 0.3) is 5.95 Å². The zero-order chi connectivity index (χ0) is 25.1. The smallest absolute Gasteiger partial charge is 0.416 e.